The van der Waals surface area contributed by atoms with Crippen LogP contribution >= 0.6 is 9.24 Å². The fourth-order valence-electron chi connectivity index (χ4n) is 4.22. The van der Waals surface area contributed by atoms with Gasteiger partial charge in [0.2, 0.25) is 0 Å². The third-order valence-electron chi connectivity index (χ3n) is 6.45. The van der Waals surface area contributed by atoms with Gasteiger partial charge in [0.15, 0.2) is 0 Å². The van der Waals surface area contributed by atoms with Crippen molar-refractivity contribution in [2.45, 2.75) is 44.7 Å². The van der Waals surface area contributed by atoms with Gasteiger partial charge in [-0.15, -0.1) is 9.24 Å². The minimum Gasteiger partial charge on any atom is -0.487 e. The summed E-state index contributed by atoms with van der Waals surface area (Å²) in [6, 6.07) is 19.0. The van der Waals surface area contributed by atoms with E-state index in [1.807, 2.05) is 18.2 Å². The molecule has 7 heteroatoms. The van der Waals surface area contributed by atoms with E-state index in [4.69, 9.17) is 16.3 Å². The van der Waals surface area contributed by atoms with Crippen molar-refractivity contribution >= 4 is 9.24 Å². The summed E-state index contributed by atoms with van der Waals surface area (Å²) in [5.74, 6) is 7.72. The lowest BCUT2D eigenvalue weighted by Crippen LogP contribution is -2.39. The second kappa shape index (κ2) is 12.4. The van der Waals surface area contributed by atoms with Crippen LogP contribution < -0.4 is 21.6 Å². The standard InChI is InChI=1S/C27H40N5OP/c1-19(2)20(3)26-14-24(17-31(26)4)32(29)16-23(28)18-33-25-12-10-22(11-13-25)27(34)30-15-21-8-6-5-7-9-21/h5-13,16,19,24,26-27,30H,3,14-15,17-18,28-29,34H2,1-2,4H3/b23-16-. The molecule has 0 radical (unpaired) electrons. The topological polar surface area (TPSA) is 79.8 Å². The van der Waals surface area contributed by atoms with Crippen LogP contribution in [0.5, 0.6) is 5.75 Å². The summed E-state index contributed by atoms with van der Waals surface area (Å²) >= 11 is 0. The molecule has 34 heavy (non-hydrogen) atoms. The van der Waals surface area contributed by atoms with Gasteiger partial charge >= 0.3 is 0 Å². The average molecular weight is 482 g/mol. The van der Waals surface area contributed by atoms with Gasteiger partial charge in [-0.25, -0.2) is 5.84 Å². The first kappa shape index (κ1) is 26.2. The molecule has 2 aromatic carbocycles. The molecule has 0 aliphatic carbocycles. The summed E-state index contributed by atoms with van der Waals surface area (Å²) in [6.45, 7) is 10.6. The van der Waals surface area contributed by atoms with Crippen molar-refractivity contribution in [1.29, 1.82) is 0 Å². The minimum atomic E-state index is 0.158. The van der Waals surface area contributed by atoms with Crippen LogP contribution in [-0.2, 0) is 6.54 Å². The van der Waals surface area contributed by atoms with Crippen molar-refractivity contribution in [3.05, 3.63) is 89.8 Å². The molecule has 0 bridgehead atoms. The van der Waals surface area contributed by atoms with Crippen LogP contribution in [0.15, 0.2) is 78.6 Å². The Bertz CT molecular complexity index is 947. The number of hydrogen-bond acceptors (Lipinski definition) is 6. The molecule has 1 heterocycles. The summed E-state index contributed by atoms with van der Waals surface area (Å²) in [4.78, 5) is 2.32. The first-order valence-corrected chi connectivity index (χ1v) is 12.5. The van der Waals surface area contributed by atoms with Crippen molar-refractivity contribution in [3.8, 4) is 5.75 Å². The molecule has 0 spiro atoms. The molecular formula is C27H40N5OP. The highest BCUT2D eigenvalue weighted by Gasteiger charge is 2.33. The van der Waals surface area contributed by atoms with Gasteiger partial charge in [0.1, 0.15) is 12.4 Å². The zero-order valence-electron chi connectivity index (χ0n) is 20.7. The van der Waals surface area contributed by atoms with Gasteiger partial charge in [-0.3, -0.25) is 4.90 Å². The number of likely N-dealkylation sites (N-methyl/N-ethyl adjacent to an activating group) is 1. The molecule has 5 N–H and O–H groups in total. The van der Waals surface area contributed by atoms with Crippen molar-refractivity contribution in [1.82, 2.24) is 15.2 Å². The molecule has 4 atom stereocenters. The Morgan fingerprint density at radius 1 is 1.24 bits per heavy atom. The third-order valence-corrected chi connectivity index (χ3v) is 7.07. The second-order valence-electron chi connectivity index (χ2n) is 9.43. The number of likely N-dealkylation sites (tertiary alicyclic amines) is 1. The summed E-state index contributed by atoms with van der Waals surface area (Å²) in [6.07, 6.45) is 2.74. The molecule has 1 fully saturated rings. The van der Waals surface area contributed by atoms with Crippen LogP contribution in [0.2, 0.25) is 0 Å². The molecule has 0 aromatic heterocycles. The lowest BCUT2D eigenvalue weighted by atomic mass is 9.95. The Labute approximate surface area is 207 Å². The number of hydrogen-bond donors (Lipinski definition) is 3. The van der Waals surface area contributed by atoms with E-state index < -0.39 is 0 Å². The number of nitrogens with one attached hydrogen (secondary N) is 1. The van der Waals surface area contributed by atoms with Crippen LogP contribution in [0, 0.1) is 5.92 Å². The summed E-state index contributed by atoms with van der Waals surface area (Å²) in [7, 11) is 4.98. The smallest absolute Gasteiger partial charge is 0.129 e. The molecule has 184 valence electrons. The van der Waals surface area contributed by atoms with Crippen molar-refractivity contribution in [2.24, 2.45) is 17.5 Å². The van der Waals surface area contributed by atoms with E-state index in [1.165, 1.54) is 16.7 Å². The molecule has 2 aromatic rings. The lowest BCUT2D eigenvalue weighted by molar-refractivity contribution is 0.269. The van der Waals surface area contributed by atoms with Gasteiger partial charge in [-0.2, -0.15) is 0 Å². The maximum atomic E-state index is 6.33. The molecule has 6 nitrogen and oxygen atoms in total. The predicted octanol–water partition coefficient (Wildman–Crippen LogP) is 3.99. The number of benzene rings is 2. The molecule has 1 aliphatic rings. The quantitative estimate of drug-likeness (QED) is 0.195. The van der Waals surface area contributed by atoms with Gasteiger partial charge in [-0.1, -0.05) is 68.5 Å². The summed E-state index contributed by atoms with van der Waals surface area (Å²) in [5, 5.41) is 5.24. The van der Waals surface area contributed by atoms with E-state index in [2.05, 4.69) is 83.3 Å². The fourth-order valence-corrected chi connectivity index (χ4v) is 4.56. The van der Waals surface area contributed by atoms with E-state index in [0.717, 1.165) is 25.3 Å². The van der Waals surface area contributed by atoms with E-state index in [-0.39, 0.29) is 18.4 Å². The van der Waals surface area contributed by atoms with Crippen LogP contribution in [0.25, 0.3) is 0 Å². The maximum absolute atomic E-state index is 6.33. The Kier molecular flexibility index (Phi) is 9.54. The maximum Gasteiger partial charge on any atom is 0.129 e. The van der Waals surface area contributed by atoms with Crippen LogP contribution in [-0.4, -0.2) is 42.2 Å². The second-order valence-corrected chi connectivity index (χ2v) is 10.1. The average Bonchev–Trinajstić information content (AvgIpc) is 3.23. The Morgan fingerprint density at radius 3 is 2.56 bits per heavy atom. The normalized spacial score (nSPS) is 19.9. The first-order chi connectivity index (χ1) is 16.2. The molecule has 0 amide bonds. The van der Waals surface area contributed by atoms with E-state index in [0.29, 0.717) is 17.7 Å². The Hall–Kier alpha value is -2.37. The number of nitrogens with two attached hydrogens (primary N) is 2. The van der Waals surface area contributed by atoms with Gasteiger partial charge in [0.05, 0.1) is 11.7 Å². The van der Waals surface area contributed by atoms with Gasteiger partial charge < -0.3 is 20.8 Å². The Morgan fingerprint density at radius 2 is 1.91 bits per heavy atom. The summed E-state index contributed by atoms with van der Waals surface area (Å²) in [5.41, 5.74) is 10.5. The molecule has 3 rings (SSSR count). The van der Waals surface area contributed by atoms with E-state index in [1.54, 1.807) is 11.2 Å². The monoisotopic (exact) mass is 481 g/mol. The van der Waals surface area contributed by atoms with E-state index >= 15 is 0 Å². The number of rotatable bonds is 11. The zero-order valence-corrected chi connectivity index (χ0v) is 21.8. The highest BCUT2D eigenvalue weighted by Crippen LogP contribution is 2.28. The van der Waals surface area contributed by atoms with Crippen LogP contribution in [0.3, 0.4) is 0 Å². The van der Waals surface area contributed by atoms with Gasteiger partial charge in [0.25, 0.3) is 0 Å². The fraction of sp³-hybridized carbons (Fsp3) is 0.407. The molecular weight excluding hydrogens is 441 g/mol. The highest BCUT2D eigenvalue weighted by molar-refractivity contribution is 7.17. The number of nitrogens with zero attached hydrogens (tertiary/aromatic N) is 2. The molecule has 1 saturated heterocycles. The zero-order chi connectivity index (χ0) is 24.7. The molecule has 0 saturated carbocycles. The first-order valence-electron chi connectivity index (χ1n) is 11.9. The van der Waals surface area contributed by atoms with Crippen LogP contribution in [0.1, 0.15) is 37.2 Å². The third kappa shape index (κ3) is 7.31. The van der Waals surface area contributed by atoms with E-state index in [9.17, 15) is 0 Å². The SMILES string of the molecule is C=C(C(C)C)C1CC(N(N)/C=C(\N)COc2ccc(C(P)NCc3ccccc3)cc2)CN1C. The highest BCUT2D eigenvalue weighted by atomic mass is 31.0. The lowest BCUT2D eigenvalue weighted by Gasteiger charge is -2.24. The van der Waals surface area contributed by atoms with Gasteiger partial charge in [0, 0.05) is 31.1 Å². The van der Waals surface area contributed by atoms with Crippen molar-refractivity contribution in [3.63, 3.8) is 0 Å². The molecule has 4 unspecified atom stereocenters. The van der Waals surface area contributed by atoms with Crippen molar-refractivity contribution in [2.75, 3.05) is 20.2 Å². The summed E-state index contributed by atoms with van der Waals surface area (Å²) < 4.78 is 5.88. The number of ether oxygens (including phenoxy) is 1. The largest absolute Gasteiger partial charge is 0.487 e. The predicted molar refractivity (Wildman–Crippen MR) is 145 cm³/mol. The van der Waals surface area contributed by atoms with Crippen LogP contribution in [0.4, 0.5) is 0 Å². The van der Waals surface area contributed by atoms with Crippen molar-refractivity contribution < 1.29 is 4.74 Å². The Balaban J connectivity index is 1.46. The number of hydrazine groups is 1. The minimum absolute atomic E-state index is 0.158. The van der Waals surface area contributed by atoms with Gasteiger partial charge in [-0.05, 0) is 42.6 Å². The molecule has 1 aliphatic heterocycles.